The standard InChI is InChI=1S/C49H37BF2N4/c51-50(52)56-48(34-26-39-24-32-47(33-25-39)55(44-17-9-3-10-18-44)45-19-11-4-12-20-45)35-36-49(56)37-41-29-28-40(53-41)27-21-38-22-30-46(31-23-38)54(42-13-5-1-6-14-42)43-15-7-2-8-16-43/h1-37H/b27-21+,34-26+,41-37-. The maximum atomic E-state index is 14.5. The van der Waals surface area contributed by atoms with Crippen LogP contribution in [-0.2, 0) is 0 Å². The number of nitrogens with zero attached hydrogens (tertiary/aromatic N) is 4. The minimum atomic E-state index is -2.72. The molecule has 0 amide bonds. The lowest BCUT2D eigenvalue weighted by molar-refractivity contribution is 0.627. The largest absolute Gasteiger partial charge is 0.678 e. The molecular formula is C49H37BF2N4. The Morgan fingerprint density at radius 1 is 0.411 bits per heavy atom. The van der Waals surface area contributed by atoms with E-state index in [0.29, 0.717) is 17.1 Å². The molecule has 0 atom stereocenters. The molecule has 7 heteroatoms. The highest BCUT2D eigenvalue weighted by Crippen LogP contribution is 2.36. The molecule has 0 radical (unpaired) electrons. The monoisotopic (exact) mass is 730 g/mol. The molecule has 0 saturated heterocycles. The average Bonchev–Trinajstić information content (AvgIpc) is 3.88. The first-order valence-electron chi connectivity index (χ1n) is 18.4. The van der Waals surface area contributed by atoms with E-state index in [-0.39, 0.29) is 0 Å². The van der Waals surface area contributed by atoms with E-state index in [9.17, 15) is 8.63 Å². The predicted octanol–water partition coefficient (Wildman–Crippen LogP) is 13.4. The molecule has 2 heterocycles. The predicted molar refractivity (Wildman–Crippen MR) is 233 cm³/mol. The van der Waals surface area contributed by atoms with Crippen molar-refractivity contribution in [1.82, 2.24) is 4.48 Å². The van der Waals surface area contributed by atoms with Crippen molar-refractivity contribution in [1.29, 1.82) is 0 Å². The number of halogens is 2. The summed E-state index contributed by atoms with van der Waals surface area (Å²) in [4.78, 5) is 9.08. The topological polar surface area (TPSA) is 23.8 Å². The third-order valence-corrected chi connectivity index (χ3v) is 9.41. The summed E-state index contributed by atoms with van der Waals surface area (Å²) in [6, 6.07) is 60.7. The van der Waals surface area contributed by atoms with Crippen LogP contribution >= 0.6 is 0 Å². The molecule has 8 rings (SSSR count). The Kier molecular flexibility index (Phi) is 10.8. The van der Waals surface area contributed by atoms with Gasteiger partial charge in [-0.3, -0.25) is 8.63 Å². The smallest absolute Gasteiger partial charge is 0.326 e. The molecule has 56 heavy (non-hydrogen) atoms. The summed E-state index contributed by atoms with van der Waals surface area (Å²) < 4.78 is 30.0. The van der Waals surface area contributed by atoms with Crippen molar-refractivity contribution in [3.8, 4) is 0 Å². The lowest BCUT2D eigenvalue weighted by Crippen LogP contribution is -2.16. The van der Waals surface area contributed by atoms with Crippen LogP contribution in [-0.4, -0.2) is 17.6 Å². The van der Waals surface area contributed by atoms with Crippen LogP contribution in [0.4, 0.5) is 42.8 Å². The van der Waals surface area contributed by atoms with Gasteiger partial charge in [-0.25, -0.2) is 4.99 Å². The number of aromatic nitrogens is 1. The molecule has 4 nitrogen and oxygen atoms in total. The molecule has 6 aromatic carbocycles. The summed E-state index contributed by atoms with van der Waals surface area (Å²) >= 11 is 0. The summed E-state index contributed by atoms with van der Waals surface area (Å²) in [7, 11) is -2.72. The Labute approximate surface area is 326 Å². The van der Waals surface area contributed by atoms with Crippen LogP contribution in [0.25, 0.3) is 24.3 Å². The summed E-state index contributed by atoms with van der Waals surface area (Å²) in [5, 5.41) is 0. The number of anilines is 6. The van der Waals surface area contributed by atoms with Crippen molar-refractivity contribution in [2.45, 2.75) is 0 Å². The zero-order chi connectivity index (χ0) is 38.1. The summed E-state index contributed by atoms with van der Waals surface area (Å²) in [6.07, 6.45) is 12.9. The van der Waals surface area contributed by atoms with Gasteiger partial charge >= 0.3 is 7.40 Å². The van der Waals surface area contributed by atoms with Gasteiger partial charge in [-0.1, -0.05) is 109 Å². The van der Waals surface area contributed by atoms with Gasteiger partial charge in [-0.15, -0.1) is 0 Å². The fraction of sp³-hybridized carbons (Fsp3) is 0. The Morgan fingerprint density at radius 2 is 0.804 bits per heavy atom. The molecule has 0 fully saturated rings. The molecule has 0 N–H and O–H groups in total. The average molecular weight is 731 g/mol. The van der Waals surface area contributed by atoms with Crippen LogP contribution in [0, 0.1) is 0 Å². The molecule has 1 aromatic heterocycles. The molecule has 0 spiro atoms. The van der Waals surface area contributed by atoms with Gasteiger partial charge < -0.3 is 14.3 Å². The second-order valence-corrected chi connectivity index (χ2v) is 13.1. The van der Waals surface area contributed by atoms with E-state index in [1.165, 1.54) is 0 Å². The molecule has 0 aliphatic carbocycles. The Hall–Kier alpha value is -7.25. The zero-order valence-electron chi connectivity index (χ0n) is 30.5. The first-order chi connectivity index (χ1) is 27.6. The maximum absolute atomic E-state index is 14.5. The molecule has 0 bridgehead atoms. The Balaban J connectivity index is 0.961. The Bertz CT molecular complexity index is 2450. The molecule has 1 aliphatic rings. The number of para-hydroxylation sites is 4. The lowest BCUT2D eigenvalue weighted by Gasteiger charge is -2.25. The van der Waals surface area contributed by atoms with Crippen molar-refractivity contribution < 1.29 is 8.63 Å². The van der Waals surface area contributed by atoms with Crippen LogP contribution in [0.2, 0.25) is 0 Å². The van der Waals surface area contributed by atoms with Gasteiger partial charge in [0.15, 0.2) is 0 Å². The number of hydrogen-bond acceptors (Lipinski definition) is 3. The van der Waals surface area contributed by atoms with Gasteiger partial charge in [0.1, 0.15) is 0 Å². The number of allylic oxidation sites excluding steroid dienone is 3. The van der Waals surface area contributed by atoms with E-state index in [2.05, 4.69) is 87.6 Å². The maximum Gasteiger partial charge on any atom is 0.678 e. The van der Waals surface area contributed by atoms with Gasteiger partial charge in [0.2, 0.25) is 0 Å². The number of rotatable bonds is 12. The van der Waals surface area contributed by atoms with Crippen molar-refractivity contribution in [3.63, 3.8) is 0 Å². The van der Waals surface area contributed by atoms with Gasteiger partial charge in [0.25, 0.3) is 0 Å². The molecule has 270 valence electrons. The van der Waals surface area contributed by atoms with Gasteiger partial charge in [-0.05, 0) is 126 Å². The second-order valence-electron chi connectivity index (χ2n) is 13.1. The Morgan fingerprint density at radius 3 is 1.23 bits per heavy atom. The zero-order valence-corrected chi connectivity index (χ0v) is 30.5. The summed E-state index contributed by atoms with van der Waals surface area (Å²) in [5.74, 6) is 0. The van der Waals surface area contributed by atoms with Gasteiger partial charge in [-0.2, -0.15) is 0 Å². The normalized spacial score (nSPS) is 13.1. The molecule has 7 aromatic rings. The molecule has 1 aliphatic heterocycles. The minimum Gasteiger partial charge on any atom is -0.326 e. The fourth-order valence-electron chi connectivity index (χ4n) is 6.71. The minimum absolute atomic E-state index is 0.377. The first kappa shape index (κ1) is 35.8. The highest BCUT2D eigenvalue weighted by molar-refractivity contribution is 6.41. The van der Waals surface area contributed by atoms with Crippen molar-refractivity contribution in [3.05, 3.63) is 228 Å². The number of benzene rings is 6. The van der Waals surface area contributed by atoms with Gasteiger partial charge in [0.05, 0.1) is 11.4 Å². The quantitative estimate of drug-likeness (QED) is 0.117. The van der Waals surface area contributed by atoms with Crippen LogP contribution < -0.4 is 9.80 Å². The van der Waals surface area contributed by atoms with Crippen molar-refractivity contribution >= 4 is 71.5 Å². The van der Waals surface area contributed by atoms with E-state index in [1.807, 2.05) is 127 Å². The first-order valence-corrected chi connectivity index (χ1v) is 18.4. The summed E-state index contributed by atoms with van der Waals surface area (Å²) in [6.45, 7) is 0. The van der Waals surface area contributed by atoms with Crippen molar-refractivity contribution in [2.24, 2.45) is 4.99 Å². The van der Waals surface area contributed by atoms with Crippen LogP contribution in [0.3, 0.4) is 0 Å². The van der Waals surface area contributed by atoms with E-state index in [0.717, 1.165) is 55.4 Å². The second kappa shape index (κ2) is 16.8. The SMILES string of the molecule is FB(F)n1c(/C=C2/C=CC(/C=C/c3ccc(N(c4ccccc4)c4ccccc4)cc3)=N2)ccc1/C=C/c1ccc(N(c2ccccc2)c2ccccc2)cc1. The fourth-order valence-corrected chi connectivity index (χ4v) is 6.71. The van der Waals surface area contributed by atoms with Crippen LogP contribution in [0.5, 0.6) is 0 Å². The lowest BCUT2D eigenvalue weighted by atomic mass is 10.1. The number of aliphatic imine (C=N–C) groups is 1. The van der Waals surface area contributed by atoms with Crippen LogP contribution in [0.15, 0.2) is 211 Å². The van der Waals surface area contributed by atoms with E-state index >= 15 is 0 Å². The number of hydrogen-bond donors (Lipinski definition) is 0. The van der Waals surface area contributed by atoms with Crippen LogP contribution in [0.1, 0.15) is 22.5 Å². The molecule has 0 saturated carbocycles. The highest BCUT2D eigenvalue weighted by atomic mass is 19.2. The molecule has 0 unspecified atom stereocenters. The molecular weight excluding hydrogens is 693 g/mol. The third-order valence-electron chi connectivity index (χ3n) is 9.41. The van der Waals surface area contributed by atoms with Crippen molar-refractivity contribution in [2.75, 3.05) is 9.80 Å². The van der Waals surface area contributed by atoms with E-state index in [1.54, 1.807) is 24.3 Å². The highest BCUT2D eigenvalue weighted by Gasteiger charge is 2.22. The third kappa shape index (κ3) is 8.28. The summed E-state index contributed by atoms with van der Waals surface area (Å²) in [5.41, 5.74) is 10.3. The van der Waals surface area contributed by atoms with E-state index < -0.39 is 7.40 Å². The van der Waals surface area contributed by atoms with E-state index in [4.69, 9.17) is 0 Å². The van der Waals surface area contributed by atoms with Gasteiger partial charge in [0, 0.05) is 45.5 Å².